The molecule has 90 valence electrons. The Morgan fingerprint density at radius 2 is 2.12 bits per heavy atom. The highest BCUT2D eigenvalue weighted by molar-refractivity contribution is 7.14. The second kappa shape index (κ2) is 6.26. The van der Waals surface area contributed by atoms with Crippen LogP contribution in [0.15, 0.2) is 6.07 Å². The number of carbonyl (C=O) groups is 1. The summed E-state index contributed by atoms with van der Waals surface area (Å²) in [6.45, 7) is 7.56. The first-order valence-corrected chi connectivity index (χ1v) is 6.87. The Balaban J connectivity index is 2.81. The molecule has 0 atom stereocenters. The maximum Gasteiger partial charge on any atom is 0.263 e. The van der Waals surface area contributed by atoms with Crippen molar-refractivity contribution < 1.29 is 4.79 Å². The molecular formula is C12H18ClNOS. The van der Waals surface area contributed by atoms with E-state index < -0.39 is 0 Å². The largest absolute Gasteiger partial charge is 0.337 e. The van der Waals surface area contributed by atoms with Crippen molar-refractivity contribution in [2.24, 2.45) is 0 Å². The van der Waals surface area contributed by atoms with Gasteiger partial charge in [0.2, 0.25) is 0 Å². The van der Waals surface area contributed by atoms with Crippen molar-refractivity contribution in [3.05, 3.63) is 21.4 Å². The maximum atomic E-state index is 12.2. The molecule has 2 nitrogen and oxygen atoms in total. The number of halogens is 1. The van der Waals surface area contributed by atoms with Gasteiger partial charge in [-0.1, -0.05) is 6.92 Å². The highest BCUT2D eigenvalue weighted by atomic mass is 35.5. The average molecular weight is 260 g/mol. The van der Waals surface area contributed by atoms with Crippen LogP contribution >= 0.6 is 22.9 Å². The smallest absolute Gasteiger partial charge is 0.263 e. The van der Waals surface area contributed by atoms with Gasteiger partial charge in [0, 0.05) is 23.8 Å². The molecule has 0 saturated heterocycles. The molecule has 0 bridgehead atoms. The van der Waals surface area contributed by atoms with Crippen molar-refractivity contribution in [3.63, 3.8) is 0 Å². The monoisotopic (exact) mass is 259 g/mol. The number of carbonyl (C=O) groups excluding carboxylic acids is 1. The van der Waals surface area contributed by atoms with E-state index >= 15 is 0 Å². The van der Waals surface area contributed by atoms with Crippen LogP contribution in [0.5, 0.6) is 0 Å². The molecule has 1 rings (SSSR count). The third-order valence-corrected chi connectivity index (χ3v) is 3.82. The SMILES string of the molecule is CCCN(CCCl)C(=O)c1cc(C)c(C)s1. The highest BCUT2D eigenvalue weighted by Gasteiger charge is 2.17. The quantitative estimate of drug-likeness (QED) is 0.742. The molecule has 0 aromatic carbocycles. The number of amides is 1. The molecular weight excluding hydrogens is 242 g/mol. The molecule has 0 aliphatic carbocycles. The Morgan fingerprint density at radius 3 is 2.56 bits per heavy atom. The standard InChI is InChI=1S/C12H18ClNOS/c1-4-6-14(7-5-13)12(15)11-8-9(2)10(3)16-11/h8H,4-7H2,1-3H3. The van der Waals surface area contributed by atoms with Gasteiger partial charge in [-0.3, -0.25) is 4.79 Å². The third-order valence-electron chi connectivity index (χ3n) is 2.51. The topological polar surface area (TPSA) is 20.3 Å². The van der Waals surface area contributed by atoms with Crippen LogP contribution in [0.2, 0.25) is 0 Å². The number of hydrogen-bond acceptors (Lipinski definition) is 2. The van der Waals surface area contributed by atoms with E-state index in [1.807, 2.05) is 24.8 Å². The number of thiophene rings is 1. The lowest BCUT2D eigenvalue weighted by Gasteiger charge is -2.19. The van der Waals surface area contributed by atoms with Gasteiger partial charge in [0.25, 0.3) is 5.91 Å². The molecule has 1 heterocycles. The molecule has 16 heavy (non-hydrogen) atoms. The van der Waals surface area contributed by atoms with Crippen LogP contribution in [0.25, 0.3) is 0 Å². The van der Waals surface area contributed by atoms with E-state index in [1.165, 1.54) is 10.4 Å². The zero-order valence-electron chi connectivity index (χ0n) is 10.0. The second-order valence-corrected chi connectivity index (χ2v) is 5.47. The van der Waals surface area contributed by atoms with Crippen molar-refractivity contribution in [2.45, 2.75) is 27.2 Å². The van der Waals surface area contributed by atoms with Gasteiger partial charge in [-0.05, 0) is 31.9 Å². The van der Waals surface area contributed by atoms with E-state index in [4.69, 9.17) is 11.6 Å². The van der Waals surface area contributed by atoms with Crippen LogP contribution < -0.4 is 0 Å². The van der Waals surface area contributed by atoms with Crippen LogP contribution in [0.1, 0.15) is 33.5 Å². The lowest BCUT2D eigenvalue weighted by Crippen LogP contribution is -2.32. The van der Waals surface area contributed by atoms with Crippen molar-refractivity contribution in [3.8, 4) is 0 Å². The molecule has 0 aliphatic heterocycles. The van der Waals surface area contributed by atoms with E-state index in [0.29, 0.717) is 12.4 Å². The third kappa shape index (κ3) is 3.22. The summed E-state index contributed by atoms with van der Waals surface area (Å²) in [6.07, 6.45) is 0.964. The number of rotatable bonds is 5. The van der Waals surface area contributed by atoms with E-state index in [1.54, 1.807) is 11.3 Å². The molecule has 0 N–H and O–H groups in total. The second-order valence-electron chi connectivity index (χ2n) is 3.83. The first kappa shape index (κ1) is 13.5. The Morgan fingerprint density at radius 1 is 1.44 bits per heavy atom. The van der Waals surface area contributed by atoms with Gasteiger partial charge in [0.15, 0.2) is 0 Å². The molecule has 1 aromatic heterocycles. The normalized spacial score (nSPS) is 10.5. The Labute approximate surface area is 106 Å². The van der Waals surface area contributed by atoms with Crippen molar-refractivity contribution in [1.82, 2.24) is 4.90 Å². The minimum atomic E-state index is 0.115. The summed E-state index contributed by atoms with van der Waals surface area (Å²) in [5, 5.41) is 0. The van der Waals surface area contributed by atoms with E-state index in [-0.39, 0.29) is 5.91 Å². The van der Waals surface area contributed by atoms with Crippen LogP contribution in [0, 0.1) is 13.8 Å². The van der Waals surface area contributed by atoms with E-state index in [9.17, 15) is 4.79 Å². The molecule has 0 saturated carbocycles. The summed E-state index contributed by atoms with van der Waals surface area (Å²) in [5.74, 6) is 0.610. The molecule has 4 heteroatoms. The van der Waals surface area contributed by atoms with Crippen LogP contribution in [-0.4, -0.2) is 29.8 Å². The summed E-state index contributed by atoms with van der Waals surface area (Å²) in [4.78, 5) is 16.0. The van der Waals surface area contributed by atoms with Crippen molar-refractivity contribution >= 4 is 28.8 Å². The van der Waals surface area contributed by atoms with Gasteiger partial charge in [0.1, 0.15) is 0 Å². The predicted molar refractivity (Wildman–Crippen MR) is 70.7 cm³/mol. The molecule has 0 unspecified atom stereocenters. The zero-order chi connectivity index (χ0) is 12.1. The number of alkyl halides is 1. The minimum absolute atomic E-state index is 0.115. The molecule has 0 fully saturated rings. The van der Waals surface area contributed by atoms with Gasteiger partial charge >= 0.3 is 0 Å². The van der Waals surface area contributed by atoms with Crippen molar-refractivity contribution in [2.75, 3.05) is 19.0 Å². The lowest BCUT2D eigenvalue weighted by atomic mass is 10.2. The minimum Gasteiger partial charge on any atom is -0.337 e. The fourth-order valence-corrected chi connectivity index (χ4v) is 2.73. The molecule has 0 spiro atoms. The van der Waals surface area contributed by atoms with Gasteiger partial charge < -0.3 is 4.90 Å². The Kier molecular flexibility index (Phi) is 5.29. The summed E-state index contributed by atoms with van der Waals surface area (Å²) < 4.78 is 0. The number of aryl methyl sites for hydroxylation is 2. The molecule has 1 aromatic rings. The van der Waals surface area contributed by atoms with Gasteiger partial charge in [-0.25, -0.2) is 0 Å². The van der Waals surface area contributed by atoms with Gasteiger partial charge in [-0.2, -0.15) is 0 Å². The van der Waals surface area contributed by atoms with Gasteiger partial charge in [-0.15, -0.1) is 22.9 Å². The molecule has 0 aliphatic rings. The summed E-state index contributed by atoms with van der Waals surface area (Å²) in [6, 6.07) is 1.97. The summed E-state index contributed by atoms with van der Waals surface area (Å²) in [7, 11) is 0. The summed E-state index contributed by atoms with van der Waals surface area (Å²) in [5.41, 5.74) is 1.19. The molecule has 0 radical (unpaired) electrons. The lowest BCUT2D eigenvalue weighted by molar-refractivity contribution is 0.0770. The summed E-state index contributed by atoms with van der Waals surface area (Å²) >= 11 is 7.28. The number of hydrogen-bond donors (Lipinski definition) is 0. The maximum absolute atomic E-state index is 12.2. The fraction of sp³-hybridized carbons (Fsp3) is 0.583. The van der Waals surface area contributed by atoms with Crippen LogP contribution in [-0.2, 0) is 0 Å². The van der Waals surface area contributed by atoms with Crippen molar-refractivity contribution in [1.29, 1.82) is 0 Å². The highest BCUT2D eigenvalue weighted by Crippen LogP contribution is 2.22. The predicted octanol–water partition coefficient (Wildman–Crippen LogP) is 3.46. The first-order chi connectivity index (χ1) is 7.60. The Bertz CT molecular complexity index is 336. The van der Waals surface area contributed by atoms with Gasteiger partial charge in [0.05, 0.1) is 4.88 Å². The Hall–Kier alpha value is -0.540. The molecule has 1 amide bonds. The average Bonchev–Trinajstić information content (AvgIpc) is 2.58. The fourth-order valence-electron chi connectivity index (χ4n) is 1.52. The van der Waals surface area contributed by atoms with E-state index in [2.05, 4.69) is 6.92 Å². The van der Waals surface area contributed by atoms with Crippen LogP contribution in [0.3, 0.4) is 0 Å². The zero-order valence-corrected chi connectivity index (χ0v) is 11.6. The van der Waals surface area contributed by atoms with Crippen LogP contribution in [0.4, 0.5) is 0 Å². The first-order valence-electron chi connectivity index (χ1n) is 5.52. The van der Waals surface area contributed by atoms with E-state index in [0.717, 1.165) is 17.8 Å². The number of nitrogens with zero attached hydrogens (tertiary/aromatic N) is 1.